The highest BCUT2D eigenvalue weighted by Crippen LogP contribution is 2.47. The van der Waals surface area contributed by atoms with E-state index in [-0.39, 0.29) is 7.43 Å². The largest absolute Gasteiger partial charge is 0.747 e. The maximum absolute atomic E-state index is 11.1. The second kappa shape index (κ2) is 5.47. The molecule has 0 amide bonds. The van der Waals surface area contributed by atoms with Gasteiger partial charge in [-0.1, -0.05) is 43.5 Å². The molecule has 1 aliphatic heterocycles. The maximum atomic E-state index is 11.1. The number of hydrogen-bond acceptors (Lipinski definition) is 5. The molecule has 0 N–H and O–H groups in total. The van der Waals surface area contributed by atoms with Gasteiger partial charge in [-0.2, -0.15) is 0 Å². The lowest BCUT2D eigenvalue weighted by molar-refractivity contribution is 0.463. The van der Waals surface area contributed by atoms with E-state index >= 15 is 0 Å². The first kappa shape index (κ1) is 14.9. The Bertz CT molecular complexity index is 683. The number of nitrogens with zero attached hydrogens (tertiary/aromatic N) is 1. The molecule has 0 atom stereocenters. The van der Waals surface area contributed by atoms with Crippen molar-refractivity contribution in [3.05, 3.63) is 48.5 Å². The molecule has 20 heavy (non-hydrogen) atoms. The van der Waals surface area contributed by atoms with E-state index < -0.39 is 16.0 Å². The Morgan fingerprint density at radius 3 is 1.85 bits per heavy atom. The van der Waals surface area contributed by atoms with Crippen LogP contribution in [-0.2, 0) is 10.1 Å². The van der Waals surface area contributed by atoms with Gasteiger partial charge in [-0.05, 0) is 24.3 Å². The lowest BCUT2D eigenvalue weighted by atomic mass is 10.2. The summed E-state index contributed by atoms with van der Waals surface area (Å²) in [5, 5.41) is 0. The highest BCUT2D eigenvalue weighted by Gasteiger charge is 2.23. The van der Waals surface area contributed by atoms with Crippen molar-refractivity contribution in [3.8, 4) is 0 Å². The van der Waals surface area contributed by atoms with Crippen LogP contribution in [0.3, 0.4) is 0 Å². The molecule has 2 aromatic carbocycles. The van der Waals surface area contributed by atoms with E-state index in [1.165, 1.54) is 0 Å². The molecule has 0 aliphatic carbocycles. The lowest BCUT2D eigenvalue weighted by Gasteiger charge is -2.33. The van der Waals surface area contributed by atoms with Crippen LogP contribution in [0, 0.1) is 0 Å². The van der Waals surface area contributed by atoms with E-state index in [4.69, 9.17) is 0 Å². The zero-order valence-electron chi connectivity index (χ0n) is 9.81. The van der Waals surface area contributed by atoms with Gasteiger partial charge in [0.05, 0.1) is 11.4 Å². The lowest BCUT2D eigenvalue weighted by Crippen LogP contribution is -2.27. The van der Waals surface area contributed by atoms with Crippen molar-refractivity contribution < 1.29 is 13.0 Å². The number of anilines is 2. The zero-order valence-corrected chi connectivity index (χ0v) is 11.4. The number of hydrogen-bond donors (Lipinski definition) is 0. The minimum absolute atomic E-state index is 0. The van der Waals surface area contributed by atoms with E-state index in [9.17, 15) is 13.0 Å². The number of para-hydroxylation sites is 2. The average molecular weight is 308 g/mol. The molecule has 0 unspecified atom stereocenters. The van der Waals surface area contributed by atoms with Crippen molar-refractivity contribution in [2.24, 2.45) is 0 Å². The Hall–Kier alpha value is -1.50. The summed E-state index contributed by atoms with van der Waals surface area (Å²) in [5.41, 5.74) is 1.51. The SMILES string of the molecule is C.O=S(=O)([O-])CN1c2ccccc2Sc2ccccc21. The van der Waals surface area contributed by atoms with Gasteiger partial charge in [0.1, 0.15) is 16.0 Å². The molecule has 2 aromatic rings. The van der Waals surface area contributed by atoms with Crippen molar-refractivity contribution in [2.75, 3.05) is 10.8 Å². The molecule has 0 bridgehead atoms. The van der Waals surface area contributed by atoms with Gasteiger partial charge in [0, 0.05) is 9.79 Å². The monoisotopic (exact) mass is 308 g/mol. The summed E-state index contributed by atoms with van der Waals surface area (Å²) in [6.07, 6.45) is 0. The average Bonchev–Trinajstić information content (AvgIpc) is 2.37. The summed E-state index contributed by atoms with van der Waals surface area (Å²) in [4.78, 5) is 3.46. The topological polar surface area (TPSA) is 60.4 Å². The number of fused-ring (bicyclic) bond motifs is 2. The van der Waals surface area contributed by atoms with Crippen molar-refractivity contribution in [1.29, 1.82) is 0 Å². The van der Waals surface area contributed by atoms with E-state index in [2.05, 4.69) is 0 Å². The highest BCUT2D eigenvalue weighted by atomic mass is 32.2. The molecule has 4 nitrogen and oxygen atoms in total. The summed E-state index contributed by atoms with van der Waals surface area (Å²) in [5.74, 6) is -0.554. The summed E-state index contributed by atoms with van der Waals surface area (Å²) in [6.45, 7) is 0. The van der Waals surface area contributed by atoms with Crippen LogP contribution in [0.25, 0.3) is 0 Å². The van der Waals surface area contributed by atoms with E-state index in [0.29, 0.717) is 0 Å². The zero-order chi connectivity index (χ0) is 13.5. The van der Waals surface area contributed by atoms with Crippen LogP contribution in [0.4, 0.5) is 11.4 Å². The van der Waals surface area contributed by atoms with Crippen LogP contribution in [0.2, 0.25) is 0 Å². The third-order valence-electron chi connectivity index (χ3n) is 2.82. The molecule has 0 spiro atoms. The molecule has 1 heterocycles. The summed E-state index contributed by atoms with van der Waals surface area (Å²) < 4.78 is 33.3. The van der Waals surface area contributed by atoms with E-state index in [1.54, 1.807) is 16.7 Å². The minimum Gasteiger partial charge on any atom is -0.747 e. The standard InChI is InChI=1S/C13H11NO3S2.CH4/c15-19(16,17)9-14-10-5-1-3-7-12(10)18-13-8-4-2-6-11(13)14;/h1-8H,9H2,(H,15,16,17);1H4/p-1. The second-order valence-electron chi connectivity index (χ2n) is 4.15. The molecule has 0 saturated carbocycles. The Morgan fingerprint density at radius 2 is 1.40 bits per heavy atom. The number of rotatable bonds is 2. The molecule has 6 heteroatoms. The smallest absolute Gasteiger partial charge is 0.114 e. The Kier molecular flexibility index (Phi) is 4.08. The van der Waals surface area contributed by atoms with Crippen LogP contribution in [0.5, 0.6) is 0 Å². The fraction of sp³-hybridized carbons (Fsp3) is 0.143. The molecule has 0 aromatic heterocycles. The third-order valence-corrected chi connectivity index (χ3v) is 4.52. The first-order chi connectivity index (χ1) is 9.04. The first-order valence-electron chi connectivity index (χ1n) is 5.62. The van der Waals surface area contributed by atoms with E-state index in [0.717, 1.165) is 21.2 Å². The van der Waals surface area contributed by atoms with Crippen LogP contribution in [0.15, 0.2) is 58.3 Å². The van der Waals surface area contributed by atoms with Gasteiger partial charge in [-0.15, -0.1) is 0 Å². The minimum atomic E-state index is -4.34. The van der Waals surface area contributed by atoms with Crippen molar-refractivity contribution in [1.82, 2.24) is 0 Å². The Labute approximate surface area is 123 Å². The summed E-state index contributed by atoms with van der Waals surface area (Å²) in [7, 11) is -4.34. The first-order valence-corrected chi connectivity index (χ1v) is 8.01. The van der Waals surface area contributed by atoms with Gasteiger partial charge in [-0.25, -0.2) is 8.42 Å². The van der Waals surface area contributed by atoms with Crippen LogP contribution >= 0.6 is 11.8 Å². The second-order valence-corrected chi connectivity index (χ2v) is 6.61. The molecule has 1 aliphatic rings. The molecule has 0 fully saturated rings. The fourth-order valence-corrected chi connectivity index (χ4v) is 3.77. The predicted octanol–water partition coefficient (Wildman–Crippen LogP) is 3.43. The predicted molar refractivity (Wildman–Crippen MR) is 80.4 cm³/mol. The van der Waals surface area contributed by atoms with Gasteiger partial charge < -0.3 is 9.45 Å². The normalized spacial score (nSPS) is 13.2. The van der Waals surface area contributed by atoms with Crippen molar-refractivity contribution >= 4 is 33.3 Å². The van der Waals surface area contributed by atoms with Gasteiger partial charge in [0.2, 0.25) is 0 Å². The van der Waals surface area contributed by atoms with Gasteiger partial charge >= 0.3 is 0 Å². The quantitative estimate of drug-likeness (QED) is 0.795. The Morgan fingerprint density at radius 1 is 0.950 bits per heavy atom. The van der Waals surface area contributed by atoms with Crippen molar-refractivity contribution in [3.63, 3.8) is 0 Å². The fourth-order valence-electron chi connectivity index (χ4n) is 2.08. The van der Waals surface area contributed by atoms with E-state index in [1.807, 2.05) is 48.5 Å². The third kappa shape index (κ3) is 2.82. The highest BCUT2D eigenvalue weighted by molar-refractivity contribution is 7.99. The number of benzene rings is 2. The Balaban J connectivity index is 0.00000147. The maximum Gasteiger partial charge on any atom is 0.114 e. The van der Waals surface area contributed by atoms with Gasteiger partial charge in [0.15, 0.2) is 0 Å². The van der Waals surface area contributed by atoms with Crippen LogP contribution < -0.4 is 4.90 Å². The van der Waals surface area contributed by atoms with Gasteiger partial charge in [0.25, 0.3) is 0 Å². The molecule has 0 saturated heterocycles. The molecule has 3 rings (SSSR count). The summed E-state index contributed by atoms with van der Waals surface area (Å²) in [6, 6.07) is 14.9. The van der Waals surface area contributed by atoms with Gasteiger partial charge in [-0.3, -0.25) is 0 Å². The van der Waals surface area contributed by atoms with Crippen LogP contribution in [-0.4, -0.2) is 18.8 Å². The molecular formula is C14H14NO3S2-. The van der Waals surface area contributed by atoms with Crippen molar-refractivity contribution in [2.45, 2.75) is 17.2 Å². The molecule has 0 radical (unpaired) electrons. The molecule has 106 valence electrons. The molecular weight excluding hydrogens is 294 g/mol. The summed E-state index contributed by atoms with van der Waals surface area (Å²) >= 11 is 1.57. The van der Waals surface area contributed by atoms with Crippen LogP contribution in [0.1, 0.15) is 7.43 Å².